The fraction of sp³-hybridized carbons (Fsp3) is 0.350. The van der Waals surface area contributed by atoms with Crippen molar-refractivity contribution in [1.29, 1.82) is 0 Å². The minimum Gasteiger partial charge on any atom is -0.479 e. The number of pyridine rings is 1. The number of aromatic nitrogens is 5. The molecule has 8 nitrogen and oxygen atoms in total. The molecule has 1 N–H and O–H groups in total. The maximum atomic E-state index is 5.62. The topological polar surface area (TPSA) is 78.0 Å². The summed E-state index contributed by atoms with van der Waals surface area (Å²) in [5.41, 5.74) is 3.96. The van der Waals surface area contributed by atoms with Gasteiger partial charge in [0.1, 0.15) is 5.52 Å². The van der Waals surface area contributed by atoms with Gasteiger partial charge in [0.25, 0.3) is 0 Å². The van der Waals surface area contributed by atoms with Crippen LogP contribution < -0.4 is 10.1 Å². The molecule has 0 amide bonds. The molecule has 0 spiro atoms. The SMILES string of the molecule is CCO[C@H]1C[C@@H](Nc2nc(OC)c3c(-c4ccn5nccc5c4)ccn3n2)C1. The zero-order valence-corrected chi connectivity index (χ0v) is 15.9. The average molecular weight is 378 g/mol. The van der Waals surface area contributed by atoms with Gasteiger partial charge < -0.3 is 14.8 Å². The number of methoxy groups -OCH3 is 1. The Bertz CT molecular complexity index is 1130. The Hall–Kier alpha value is -3.13. The molecule has 4 aromatic rings. The maximum Gasteiger partial charge on any atom is 0.244 e. The molecule has 0 radical (unpaired) electrons. The van der Waals surface area contributed by atoms with E-state index >= 15 is 0 Å². The molecule has 1 aliphatic rings. The molecule has 4 heterocycles. The van der Waals surface area contributed by atoms with E-state index in [0.29, 0.717) is 24.0 Å². The molecule has 1 saturated carbocycles. The van der Waals surface area contributed by atoms with Crippen molar-refractivity contribution in [2.45, 2.75) is 31.9 Å². The highest BCUT2D eigenvalue weighted by atomic mass is 16.5. The molecular weight excluding hydrogens is 356 g/mol. The Morgan fingerprint density at radius 2 is 2.04 bits per heavy atom. The van der Waals surface area contributed by atoms with E-state index in [2.05, 4.69) is 26.6 Å². The van der Waals surface area contributed by atoms with Crippen molar-refractivity contribution < 1.29 is 9.47 Å². The summed E-state index contributed by atoms with van der Waals surface area (Å²) >= 11 is 0. The van der Waals surface area contributed by atoms with Crippen LogP contribution in [0.25, 0.3) is 22.2 Å². The summed E-state index contributed by atoms with van der Waals surface area (Å²) in [4.78, 5) is 4.60. The largest absolute Gasteiger partial charge is 0.479 e. The van der Waals surface area contributed by atoms with E-state index in [-0.39, 0.29) is 0 Å². The highest BCUT2D eigenvalue weighted by Crippen LogP contribution is 2.33. The minimum absolute atomic E-state index is 0.331. The first-order valence-electron chi connectivity index (χ1n) is 9.50. The van der Waals surface area contributed by atoms with Crippen molar-refractivity contribution in [2.24, 2.45) is 0 Å². The summed E-state index contributed by atoms with van der Waals surface area (Å²) in [7, 11) is 1.64. The molecule has 144 valence electrons. The third-order valence-electron chi connectivity index (χ3n) is 5.21. The number of ether oxygens (including phenoxy) is 2. The van der Waals surface area contributed by atoms with E-state index in [1.165, 1.54) is 0 Å². The van der Waals surface area contributed by atoms with Crippen molar-refractivity contribution in [2.75, 3.05) is 19.0 Å². The smallest absolute Gasteiger partial charge is 0.244 e. The third-order valence-corrected chi connectivity index (χ3v) is 5.21. The standard InChI is InChI=1S/C20H22N6O2/c1-3-28-16-11-14(12-16)22-20-23-19(27-2)18-17(6-9-26(18)24-20)13-5-8-25-15(10-13)4-7-21-25/h4-10,14,16H,3,11-12H2,1-2H3,(H,22,24)/t14-,16+. The fourth-order valence-corrected chi connectivity index (χ4v) is 3.76. The van der Waals surface area contributed by atoms with Gasteiger partial charge in [-0.05, 0) is 49.6 Å². The van der Waals surface area contributed by atoms with E-state index in [0.717, 1.165) is 41.6 Å². The Balaban J connectivity index is 1.47. The van der Waals surface area contributed by atoms with Gasteiger partial charge >= 0.3 is 0 Å². The summed E-state index contributed by atoms with van der Waals surface area (Å²) in [6, 6.07) is 8.47. The molecule has 0 aromatic carbocycles. The molecular formula is C20H22N6O2. The van der Waals surface area contributed by atoms with Gasteiger partial charge in [0.2, 0.25) is 11.8 Å². The lowest BCUT2D eigenvalue weighted by atomic mass is 9.89. The number of nitrogens with one attached hydrogen (secondary N) is 1. The van der Waals surface area contributed by atoms with E-state index < -0.39 is 0 Å². The van der Waals surface area contributed by atoms with Gasteiger partial charge in [-0.2, -0.15) is 10.1 Å². The Kier molecular flexibility index (Phi) is 4.12. The predicted molar refractivity (Wildman–Crippen MR) is 106 cm³/mol. The first-order valence-corrected chi connectivity index (χ1v) is 9.50. The van der Waals surface area contributed by atoms with Crippen molar-refractivity contribution >= 4 is 17.0 Å². The number of fused-ring (bicyclic) bond motifs is 2. The molecule has 0 atom stereocenters. The van der Waals surface area contributed by atoms with Crippen LogP contribution in [-0.4, -0.2) is 50.1 Å². The minimum atomic E-state index is 0.331. The van der Waals surface area contributed by atoms with Gasteiger partial charge in [0, 0.05) is 36.8 Å². The van der Waals surface area contributed by atoms with Crippen LogP contribution in [0, 0.1) is 0 Å². The van der Waals surface area contributed by atoms with Crippen LogP contribution >= 0.6 is 0 Å². The van der Waals surface area contributed by atoms with Crippen LogP contribution in [0.5, 0.6) is 5.88 Å². The summed E-state index contributed by atoms with van der Waals surface area (Å²) in [6.45, 7) is 2.78. The molecule has 28 heavy (non-hydrogen) atoms. The van der Waals surface area contributed by atoms with E-state index in [4.69, 9.17) is 9.47 Å². The van der Waals surface area contributed by atoms with Gasteiger partial charge in [0.05, 0.1) is 18.7 Å². The van der Waals surface area contributed by atoms with Crippen LogP contribution in [0.3, 0.4) is 0 Å². The lowest BCUT2D eigenvalue weighted by Gasteiger charge is -2.35. The average Bonchev–Trinajstić information content (AvgIpc) is 3.31. The van der Waals surface area contributed by atoms with Crippen molar-refractivity contribution in [3.05, 3.63) is 42.9 Å². The summed E-state index contributed by atoms with van der Waals surface area (Å²) in [5, 5.41) is 12.3. The zero-order valence-electron chi connectivity index (χ0n) is 15.9. The second kappa shape index (κ2) is 6.79. The number of rotatable bonds is 6. The third kappa shape index (κ3) is 2.86. The lowest BCUT2D eigenvalue weighted by Crippen LogP contribution is -2.41. The number of hydrogen-bond acceptors (Lipinski definition) is 6. The summed E-state index contributed by atoms with van der Waals surface area (Å²) in [5.74, 6) is 1.12. The molecule has 0 bridgehead atoms. The maximum absolute atomic E-state index is 5.62. The summed E-state index contributed by atoms with van der Waals surface area (Å²) < 4.78 is 14.9. The van der Waals surface area contributed by atoms with E-state index in [9.17, 15) is 0 Å². The molecule has 5 rings (SSSR count). The number of hydrogen-bond donors (Lipinski definition) is 1. The van der Waals surface area contributed by atoms with Crippen LogP contribution in [0.2, 0.25) is 0 Å². The Labute approximate surface area is 162 Å². The number of anilines is 1. The Morgan fingerprint density at radius 3 is 2.86 bits per heavy atom. The Morgan fingerprint density at radius 1 is 1.18 bits per heavy atom. The van der Waals surface area contributed by atoms with Crippen molar-refractivity contribution in [3.63, 3.8) is 0 Å². The normalized spacial score (nSPS) is 19.1. The summed E-state index contributed by atoms with van der Waals surface area (Å²) in [6.07, 6.45) is 7.95. The first kappa shape index (κ1) is 17.0. The molecule has 4 aromatic heterocycles. The van der Waals surface area contributed by atoms with Crippen LogP contribution in [0.4, 0.5) is 5.95 Å². The monoisotopic (exact) mass is 378 g/mol. The zero-order chi connectivity index (χ0) is 19.1. The van der Waals surface area contributed by atoms with Crippen LogP contribution in [-0.2, 0) is 4.74 Å². The predicted octanol–water partition coefficient (Wildman–Crippen LogP) is 3.03. The van der Waals surface area contributed by atoms with Gasteiger partial charge in [0.15, 0.2) is 0 Å². The van der Waals surface area contributed by atoms with Crippen molar-refractivity contribution in [1.82, 2.24) is 24.2 Å². The molecule has 1 aliphatic carbocycles. The quantitative estimate of drug-likeness (QED) is 0.556. The van der Waals surface area contributed by atoms with Gasteiger partial charge in [-0.15, -0.1) is 5.10 Å². The molecule has 0 aliphatic heterocycles. The lowest BCUT2D eigenvalue weighted by molar-refractivity contribution is 0.00282. The second-order valence-corrected chi connectivity index (χ2v) is 6.97. The van der Waals surface area contributed by atoms with Crippen LogP contribution in [0.1, 0.15) is 19.8 Å². The first-order chi connectivity index (χ1) is 13.7. The van der Waals surface area contributed by atoms with Gasteiger partial charge in [-0.1, -0.05) is 0 Å². The number of nitrogens with zero attached hydrogens (tertiary/aromatic N) is 5. The van der Waals surface area contributed by atoms with E-state index in [1.54, 1.807) is 13.3 Å². The molecule has 8 heteroatoms. The molecule has 0 unspecified atom stereocenters. The van der Waals surface area contributed by atoms with Gasteiger partial charge in [-0.25, -0.2) is 9.03 Å². The highest BCUT2D eigenvalue weighted by Gasteiger charge is 2.30. The highest BCUT2D eigenvalue weighted by molar-refractivity contribution is 5.85. The van der Waals surface area contributed by atoms with E-state index in [1.807, 2.05) is 46.5 Å². The molecule has 0 saturated heterocycles. The fourth-order valence-electron chi connectivity index (χ4n) is 3.76. The van der Waals surface area contributed by atoms with Gasteiger partial charge in [-0.3, -0.25) is 0 Å². The second-order valence-electron chi connectivity index (χ2n) is 6.97. The van der Waals surface area contributed by atoms with Crippen LogP contribution in [0.15, 0.2) is 42.9 Å². The molecule has 1 fully saturated rings. The van der Waals surface area contributed by atoms with Crippen molar-refractivity contribution in [3.8, 4) is 17.0 Å².